The molecule has 0 radical (unpaired) electrons. The number of hydrogen-bond donors (Lipinski definition) is 1. The van der Waals surface area contributed by atoms with Crippen molar-refractivity contribution in [3.8, 4) is 5.75 Å². The first-order valence-corrected chi connectivity index (χ1v) is 6.85. The predicted octanol–water partition coefficient (Wildman–Crippen LogP) is 4.06. The summed E-state index contributed by atoms with van der Waals surface area (Å²) in [7, 11) is 1.54. The highest BCUT2D eigenvalue weighted by molar-refractivity contribution is 6.32. The number of para-hydroxylation sites is 1. The van der Waals surface area contributed by atoms with Crippen molar-refractivity contribution in [2.45, 2.75) is 12.8 Å². The highest BCUT2D eigenvalue weighted by atomic mass is 35.5. The van der Waals surface area contributed by atoms with Crippen LogP contribution >= 0.6 is 11.6 Å². The minimum atomic E-state index is -0.453. The molecule has 0 spiro atoms. The lowest BCUT2D eigenvalue weighted by Gasteiger charge is -2.09. The summed E-state index contributed by atoms with van der Waals surface area (Å²) in [4.78, 5) is 11.9. The SMILES string of the molecule is COc1cccc(CCC(=O)Nc2ccccc2F)c1Cl. The molecule has 1 amide bonds. The maximum absolute atomic E-state index is 13.4. The molecular formula is C16H15ClFNO2. The number of ether oxygens (including phenoxy) is 1. The molecule has 3 nitrogen and oxygen atoms in total. The molecule has 0 atom stereocenters. The van der Waals surface area contributed by atoms with E-state index in [0.29, 0.717) is 17.2 Å². The highest BCUT2D eigenvalue weighted by Gasteiger charge is 2.10. The van der Waals surface area contributed by atoms with E-state index in [1.54, 1.807) is 18.2 Å². The summed E-state index contributed by atoms with van der Waals surface area (Å²) in [5.41, 5.74) is 0.999. The van der Waals surface area contributed by atoms with Crippen LogP contribution in [0.3, 0.4) is 0 Å². The van der Waals surface area contributed by atoms with Gasteiger partial charge in [0.2, 0.25) is 5.91 Å². The fraction of sp³-hybridized carbons (Fsp3) is 0.188. The number of aryl methyl sites for hydroxylation is 1. The second kappa shape index (κ2) is 7.09. The van der Waals surface area contributed by atoms with E-state index >= 15 is 0 Å². The van der Waals surface area contributed by atoms with Crippen LogP contribution in [0.2, 0.25) is 5.02 Å². The Morgan fingerprint density at radius 3 is 2.71 bits per heavy atom. The highest BCUT2D eigenvalue weighted by Crippen LogP contribution is 2.28. The second-order valence-electron chi connectivity index (χ2n) is 4.46. The average molecular weight is 308 g/mol. The second-order valence-corrected chi connectivity index (χ2v) is 4.84. The van der Waals surface area contributed by atoms with Crippen molar-refractivity contribution >= 4 is 23.2 Å². The number of hydrogen-bond acceptors (Lipinski definition) is 2. The number of halogens is 2. The van der Waals surface area contributed by atoms with E-state index < -0.39 is 5.82 Å². The summed E-state index contributed by atoms with van der Waals surface area (Å²) in [5.74, 6) is -0.145. The van der Waals surface area contributed by atoms with Crippen molar-refractivity contribution in [2.75, 3.05) is 12.4 Å². The van der Waals surface area contributed by atoms with Crippen LogP contribution in [0.15, 0.2) is 42.5 Å². The molecule has 21 heavy (non-hydrogen) atoms. The summed E-state index contributed by atoms with van der Waals surface area (Å²) in [5, 5.41) is 3.04. The zero-order chi connectivity index (χ0) is 15.2. The molecule has 0 saturated carbocycles. The Morgan fingerprint density at radius 2 is 2.00 bits per heavy atom. The molecule has 2 aromatic rings. The van der Waals surface area contributed by atoms with E-state index in [1.165, 1.54) is 19.2 Å². The van der Waals surface area contributed by atoms with Gasteiger partial charge in [0.05, 0.1) is 17.8 Å². The van der Waals surface area contributed by atoms with Crippen molar-refractivity contribution in [2.24, 2.45) is 0 Å². The Hall–Kier alpha value is -2.07. The lowest BCUT2D eigenvalue weighted by molar-refractivity contribution is -0.116. The van der Waals surface area contributed by atoms with Gasteiger partial charge in [0.25, 0.3) is 0 Å². The maximum atomic E-state index is 13.4. The number of benzene rings is 2. The first-order chi connectivity index (χ1) is 10.1. The van der Waals surface area contributed by atoms with Crippen molar-refractivity contribution in [1.82, 2.24) is 0 Å². The van der Waals surface area contributed by atoms with Gasteiger partial charge in [0.15, 0.2) is 0 Å². The maximum Gasteiger partial charge on any atom is 0.224 e. The fourth-order valence-electron chi connectivity index (χ4n) is 1.93. The molecule has 1 N–H and O–H groups in total. The average Bonchev–Trinajstić information content (AvgIpc) is 2.48. The Kier molecular flexibility index (Phi) is 5.17. The van der Waals surface area contributed by atoms with Gasteiger partial charge in [-0.25, -0.2) is 4.39 Å². The Morgan fingerprint density at radius 1 is 1.24 bits per heavy atom. The summed E-state index contributed by atoms with van der Waals surface area (Å²) >= 11 is 6.16. The van der Waals surface area contributed by atoms with E-state index in [0.717, 1.165) is 5.56 Å². The van der Waals surface area contributed by atoms with Gasteiger partial charge in [-0.3, -0.25) is 4.79 Å². The van der Waals surface area contributed by atoms with E-state index in [-0.39, 0.29) is 18.0 Å². The first-order valence-electron chi connectivity index (χ1n) is 6.47. The van der Waals surface area contributed by atoms with Crippen LogP contribution in [0.4, 0.5) is 10.1 Å². The van der Waals surface area contributed by atoms with Gasteiger partial charge in [-0.2, -0.15) is 0 Å². The van der Waals surface area contributed by atoms with Crippen LogP contribution < -0.4 is 10.1 Å². The van der Waals surface area contributed by atoms with Gasteiger partial charge in [-0.1, -0.05) is 35.9 Å². The van der Waals surface area contributed by atoms with E-state index in [1.807, 2.05) is 12.1 Å². The minimum absolute atomic E-state index is 0.180. The van der Waals surface area contributed by atoms with Gasteiger partial charge in [-0.15, -0.1) is 0 Å². The molecule has 0 aliphatic heterocycles. The summed E-state index contributed by atoms with van der Waals surface area (Å²) < 4.78 is 18.5. The zero-order valence-corrected chi connectivity index (χ0v) is 12.3. The van der Waals surface area contributed by atoms with Gasteiger partial charge in [-0.05, 0) is 30.2 Å². The molecule has 5 heteroatoms. The Bertz CT molecular complexity index is 646. The first kappa shape index (κ1) is 15.3. The molecule has 0 saturated heterocycles. The number of carbonyl (C=O) groups is 1. The molecule has 0 fully saturated rings. The fourth-order valence-corrected chi connectivity index (χ4v) is 2.23. The molecule has 0 aromatic heterocycles. The number of nitrogens with one attached hydrogen (secondary N) is 1. The lowest BCUT2D eigenvalue weighted by Crippen LogP contribution is -2.13. The third-order valence-corrected chi connectivity index (χ3v) is 3.46. The molecule has 2 aromatic carbocycles. The van der Waals surface area contributed by atoms with E-state index in [2.05, 4.69) is 5.32 Å². The van der Waals surface area contributed by atoms with Gasteiger partial charge in [0, 0.05) is 6.42 Å². The molecular weight excluding hydrogens is 293 g/mol. The van der Waals surface area contributed by atoms with Crippen molar-refractivity contribution in [3.63, 3.8) is 0 Å². The van der Waals surface area contributed by atoms with E-state index in [4.69, 9.17) is 16.3 Å². The molecule has 0 bridgehead atoms. The molecule has 0 heterocycles. The quantitative estimate of drug-likeness (QED) is 0.904. The van der Waals surface area contributed by atoms with Crippen molar-refractivity contribution in [3.05, 3.63) is 58.9 Å². The summed E-state index contributed by atoms with van der Waals surface area (Å²) in [6.45, 7) is 0. The van der Waals surface area contributed by atoms with Crippen LogP contribution in [0.5, 0.6) is 5.75 Å². The number of anilines is 1. The molecule has 0 aliphatic rings. The van der Waals surface area contributed by atoms with Gasteiger partial charge < -0.3 is 10.1 Å². The van der Waals surface area contributed by atoms with Crippen molar-refractivity contribution in [1.29, 1.82) is 0 Å². The van der Waals surface area contributed by atoms with E-state index in [9.17, 15) is 9.18 Å². The predicted molar refractivity (Wildman–Crippen MR) is 81.4 cm³/mol. The largest absolute Gasteiger partial charge is 0.495 e. The number of methoxy groups -OCH3 is 1. The van der Waals surface area contributed by atoms with Crippen LogP contribution in [0.25, 0.3) is 0 Å². The van der Waals surface area contributed by atoms with Gasteiger partial charge in [0.1, 0.15) is 11.6 Å². The molecule has 0 unspecified atom stereocenters. The van der Waals surface area contributed by atoms with Crippen LogP contribution in [0, 0.1) is 5.82 Å². The third kappa shape index (κ3) is 3.95. The number of amides is 1. The monoisotopic (exact) mass is 307 g/mol. The summed E-state index contributed by atoms with van der Waals surface area (Å²) in [6.07, 6.45) is 0.664. The van der Waals surface area contributed by atoms with Crippen molar-refractivity contribution < 1.29 is 13.9 Å². The third-order valence-electron chi connectivity index (χ3n) is 3.03. The minimum Gasteiger partial charge on any atom is -0.495 e. The molecule has 2 rings (SSSR count). The Labute approximate surface area is 127 Å². The summed E-state index contributed by atoms with van der Waals surface area (Å²) in [6, 6.07) is 11.5. The van der Waals surface area contributed by atoms with Gasteiger partial charge >= 0.3 is 0 Å². The standard InChI is InChI=1S/C16H15ClFNO2/c1-21-14-8-4-5-11(16(14)17)9-10-15(20)19-13-7-3-2-6-12(13)18/h2-8H,9-10H2,1H3,(H,19,20). The number of rotatable bonds is 5. The molecule has 0 aliphatic carbocycles. The smallest absolute Gasteiger partial charge is 0.224 e. The topological polar surface area (TPSA) is 38.3 Å². The number of carbonyl (C=O) groups excluding carboxylic acids is 1. The normalized spacial score (nSPS) is 10.2. The van der Waals surface area contributed by atoms with Crippen LogP contribution in [-0.4, -0.2) is 13.0 Å². The van der Waals surface area contributed by atoms with Crippen LogP contribution in [-0.2, 0) is 11.2 Å². The zero-order valence-electron chi connectivity index (χ0n) is 11.5. The Balaban J connectivity index is 1.97. The lowest BCUT2D eigenvalue weighted by atomic mass is 10.1. The van der Waals surface area contributed by atoms with Crippen LogP contribution in [0.1, 0.15) is 12.0 Å². The molecule has 110 valence electrons.